The van der Waals surface area contributed by atoms with E-state index in [0.29, 0.717) is 15.7 Å². The van der Waals surface area contributed by atoms with E-state index in [4.69, 9.17) is 34.8 Å². The van der Waals surface area contributed by atoms with Gasteiger partial charge in [0.2, 0.25) is 5.91 Å². The Morgan fingerprint density at radius 2 is 2.07 bits per heavy atom. The smallest absolute Gasteiger partial charge is 0.225 e. The lowest BCUT2D eigenvalue weighted by molar-refractivity contribution is -0.115. The number of hydrogen-bond acceptors (Lipinski definition) is 1. The summed E-state index contributed by atoms with van der Waals surface area (Å²) >= 11 is 17.0. The average Bonchev–Trinajstić information content (AvgIpc) is 2.12. The molecule has 0 radical (unpaired) electrons. The lowest BCUT2D eigenvalue weighted by Gasteiger charge is -2.06. The minimum absolute atomic E-state index is 0.177. The maximum absolute atomic E-state index is 11.2. The Kier molecular flexibility index (Phi) is 4.52. The van der Waals surface area contributed by atoms with Gasteiger partial charge < -0.3 is 5.32 Å². The molecule has 1 amide bonds. The van der Waals surface area contributed by atoms with Crippen LogP contribution >= 0.6 is 34.8 Å². The molecule has 1 N–H and O–H groups in total. The van der Waals surface area contributed by atoms with Gasteiger partial charge in [-0.15, -0.1) is 11.6 Å². The van der Waals surface area contributed by atoms with Crippen LogP contribution in [0.15, 0.2) is 18.2 Å². The quantitative estimate of drug-likeness (QED) is 0.819. The number of alkyl halides is 1. The molecule has 0 aliphatic carbocycles. The molecular formula is C9H8Cl3NO. The van der Waals surface area contributed by atoms with E-state index in [-0.39, 0.29) is 18.2 Å². The van der Waals surface area contributed by atoms with Gasteiger partial charge in [0.15, 0.2) is 0 Å². The second-order valence-electron chi connectivity index (χ2n) is 2.61. The Balaban J connectivity index is 2.75. The molecule has 0 aliphatic heterocycles. The van der Waals surface area contributed by atoms with E-state index < -0.39 is 0 Å². The third-order valence-electron chi connectivity index (χ3n) is 1.52. The zero-order valence-electron chi connectivity index (χ0n) is 7.19. The lowest BCUT2D eigenvalue weighted by Crippen LogP contribution is -2.11. The number of hydrogen-bond donors (Lipinski definition) is 1. The van der Waals surface area contributed by atoms with E-state index in [1.807, 2.05) is 0 Å². The van der Waals surface area contributed by atoms with Crippen LogP contribution in [0, 0.1) is 0 Å². The van der Waals surface area contributed by atoms with Crippen molar-refractivity contribution < 1.29 is 4.79 Å². The van der Waals surface area contributed by atoms with Crippen LogP contribution in [-0.4, -0.2) is 11.8 Å². The van der Waals surface area contributed by atoms with Crippen molar-refractivity contribution in [2.75, 3.05) is 11.2 Å². The third-order valence-corrected chi connectivity index (χ3v) is 2.28. The van der Waals surface area contributed by atoms with E-state index in [9.17, 15) is 4.79 Å². The number of nitrogens with one attached hydrogen (secondary N) is 1. The first-order valence-corrected chi connectivity index (χ1v) is 5.23. The number of carbonyl (C=O) groups excluding carboxylic acids is 1. The Hall–Kier alpha value is -0.440. The molecule has 0 saturated heterocycles. The highest BCUT2D eigenvalue weighted by Gasteiger charge is 2.05. The predicted molar refractivity (Wildman–Crippen MR) is 60.4 cm³/mol. The molecule has 2 nitrogen and oxygen atoms in total. The number of halogens is 3. The van der Waals surface area contributed by atoms with Crippen molar-refractivity contribution in [1.29, 1.82) is 0 Å². The van der Waals surface area contributed by atoms with Crippen LogP contribution in [0.5, 0.6) is 0 Å². The van der Waals surface area contributed by atoms with Gasteiger partial charge in [0, 0.05) is 17.3 Å². The standard InChI is InChI=1S/C9H8Cl3NO/c10-4-3-9(14)13-8-5-6(11)1-2-7(8)12/h1-2,5H,3-4H2,(H,13,14). The minimum atomic E-state index is -0.177. The van der Waals surface area contributed by atoms with Crippen LogP contribution in [0.3, 0.4) is 0 Å². The molecule has 5 heteroatoms. The van der Waals surface area contributed by atoms with Gasteiger partial charge in [-0.3, -0.25) is 4.79 Å². The molecule has 1 rings (SSSR count). The summed E-state index contributed by atoms with van der Waals surface area (Å²) in [5.41, 5.74) is 0.509. The lowest BCUT2D eigenvalue weighted by atomic mass is 10.3. The Morgan fingerprint density at radius 1 is 1.36 bits per heavy atom. The number of rotatable bonds is 3. The Morgan fingerprint density at radius 3 is 2.71 bits per heavy atom. The second kappa shape index (κ2) is 5.44. The van der Waals surface area contributed by atoms with E-state index >= 15 is 0 Å². The molecule has 0 fully saturated rings. The molecule has 0 aromatic heterocycles. The molecule has 0 heterocycles. The van der Waals surface area contributed by atoms with Crippen molar-refractivity contribution >= 4 is 46.4 Å². The van der Waals surface area contributed by atoms with Crippen molar-refractivity contribution in [2.45, 2.75) is 6.42 Å². The first-order chi connectivity index (χ1) is 6.63. The molecule has 14 heavy (non-hydrogen) atoms. The predicted octanol–water partition coefficient (Wildman–Crippen LogP) is 3.56. The van der Waals surface area contributed by atoms with E-state index in [1.165, 1.54) is 0 Å². The van der Waals surface area contributed by atoms with E-state index in [0.717, 1.165) is 0 Å². The summed E-state index contributed by atoms with van der Waals surface area (Å²) in [5, 5.41) is 3.59. The summed E-state index contributed by atoms with van der Waals surface area (Å²) in [5.74, 6) is 0.105. The van der Waals surface area contributed by atoms with Gasteiger partial charge in [0.25, 0.3) is 0 Å². The van der Waals surface area contributed by atoms with Gasteiger partial charge in [-0.1, -0.05) is 23.2 Å². The summed E-state index contributed by atoms with van der Waals surface area (Å²) in [7, 11) is 0. The van der Waals surface area contributed by atoms with Crippen molar-refractivity contribution in [3.8, 4) is 0 Å². The van der Waals surface area contributed by atoms with Crippen molar-refractivity contribution in [3.63, 3.8) is 0 Å². The van der Waals surface area contributed by atoms with Crippen LogP contribution in [-0.2, 0) is 4.79 Å². The second-order valence-corrected chi connectivity index (χ2v) is 3.83. The maximum atomic E-state index is 11.2. The monoisotopic (exact) mass is 251 g/mol. The molecule has 1 aromatic carbocycles. The first-order valence-electron chi connectivity index (χ1n) is 3.94. The highest BCUT2D eigenvalue weighted by molar-refractivity contribution is 6.35. The highest BCUT2D eigenvalue weighted by Crippen LogP contribution is 2.25. The third kappa shape index (κ3) is 3.37. The van der Waals surface area contributed by atoms with E-state index in [1.54, 1.807) is 18.2 Å². The van der Waals surface area contributed by atoms with E-state index in [2.05, 4.69) is 5.32 Å². The van der Waals surface area contributed by atoms with Gasteiger partial charge in [0.05, 0.1) is 10.7 Å². The van der Waals surface area contributed by atoms with Gasteiger partial charge in [-0.2, -0.15) is 0 Å². The van der Waals surface area contributed by atoms with Crippen LogP contribution in [0.4, 0.5) is 5.69 Å². The Labute approximate surface area is 97.1 Å². The zero-order chi connectivity index (χ0) is 10.6. The van der Waals surface area contributed by atoms with Gasteiger partial charge in [-0.05, 0) is 18.2 Å². The highest BCUT2D eigenvalue weighted by atomic mass is 35.5. The number of benzene rings is 1. The van der Waals surface area contributed by atoms with Crippen LogP contribution in [0.1, 0.15) is 6.42 Å². The average molecular weight is 253 g/mol. The fourth-order valence-corrected chi connectivity index (χ4v) is 1.40. The van der Waals surface area contributed by atoms with Crippen LogP contribution in [0.25, 0.3) is 0 Å². The minimum Gasteiger partial charge on any atom is -0.325 e. The SMILES string of the molecule is O=C(CCCl)Nc1cc(Cl)ccc1Cl. The maximum Gasteiger partial charge on any atom is 0.225 e. The first kappa shape index (κ1) is 11.6. The fourth-order valence-electron chi connectivity index (χ4n) is 0.892. The normalized spacial score (nSPS) is 9.93. The van der Waals surface area contributed by atoms with Crippen molar-refractivity contribution in [3.05, 3.63) is 28.2 Å². The topological polar surface area (TPSA) is 29.1 Å². The summed E-state index contributed by atoms with van der Waals surface area (Å²) in [6.45, 7) is 0. The summed E-state index contributed by atoms with van der Waals surface area (Å²) < 4.78 is 0. The molecule has 0 aliphatic rings. The van der Waals surface area contributed by atoms with Gasteiger partial charge in [0.1, 0.15) is 0 Å². The van der Waals surface area contributed by atoms with Crippen molar-refractivity contribution in [2.24, 2.45) is 0 Å². The molecule has 0 unspecified atom stereocenters. The summed E-state index contributed by atoms with van der Waals surface area (Å²) in [6, 6.07) is 4.87. The number of amides is 1. The molecule has 1 aromatic rings. The zero-order valence-corrected chi connectivity index (χ0v) is 9.46. The number of carbonyl (C=O) groups is 1. The van der Waals surface area contributed by atoms with Crippen LogP contribution in [0.2, 0.25) is 10.0 Å². The van der Waals surface area contributed by atoms with Gasteiger partial charge in [-0.25, -0.2) is 0 Å². The molecule has 0 atom stereocenters. The number of anilines is 1. The summed E-state index contributed by atoms with van der Waals surface area (Å²) in [6.07, 6.45) is 0.254. The molecule has 0 bridgehead atoms. The van der Waals surface area contributed by atoms with Crippen molar-refractivity contribution in [1.82, 2.24) is 0 Å². The Bertz CT molecular complexity index is 341. The van der Waals surface area contributed by atoms with Crippen LogP contribution < -0.4 is 5.32 Å². The fraction of sp³-hybridized carbons (Fsp3) is 0.222. The molecule has 0 spiro atoms. The molecule has 0 saturated carbocycles. The molecule has 76 valence electrons. The molecular weight excluding hydrogens is 244 g/mol. The summed E-state index contributed by atoms with van der Waals surface area (Å²) in [4.78, 5) is 11.2. The van der Waals surface area contributed by atoms with Gasteiger partial charge >= 0.3 is 0 Å². The largest absolute Gasteiger partial charge is 0.325 e.